The SMILES string of the molecule is Cc1cccc(CN2CCN(Cc3nc(C(C)C)cs3)CC2CCO)n1. The van der Waals surface area contributed by atoms with Crippen molar-refractivity contribution in [3.8, 4) is 0 Å². The number of nitrogens with zero attached hydrogens (tertiary/aromatic N) is 4. The van der Waals surface area contributed by atoms with Gasteiger partial charge in [-0.15, -0.1) is 11.3 Å². The lowest BCUT2D eigenvalue weighted by Gasteiger charge is -2.41. The summed E-state index contributed by atoms with van der Waals surface area (Å²) in [6.45, 7) is 11.4. The molecular weight excluding hydrogens is 344 g/mol. The average Bonchev–Trinajstić information content (AvgIpc) is 3.06. The van der Waals surface area contributed by atoms with Crippen LogP contribution in [0.3, 0.4) is 0 Å². The summed E-state index contributed by atoms with van der Waals surface area (Å²) >= 11 is 1.77. The minimum atomic E-state index is 0.227. The highest BCUT2D eigenvalue weighted by Gasteiger charge is 2.27. The summed E-state index contributed by atoms with van der Waals surface area (Å²) in [4.78, 5) is 14.4. The Morgan fingerprint density at radius 1 is 1.23 bits per heavy atom. The van der Waals surface area contributed by atoms with Gasteiger partial charge in [0.15, 0.2) is 0 Å². The van der Waals surface area contributed by atoms with Crippen molar-refractivity contribution in [2.75, 3.05) is 26.2 Å². The first-order valence-corrected chi connectivity index (χ1v) is 10.4. The molecule has 0 spiro atoms. The first kappa shape index (κ1) is 19.4. The first-order valence-electron chi connectivity index (χ1n) is 9.49. The van der Waals surface area contributed by atoms with Crippen LogP contribution in [0.5, 0.6) is 0 Å². The highest BCUT2D eigenvalue weighted by molar-refractivity contribution is 7.09. The van der Waals surface area contributed by atoms with Crippen LogP contribution in [0.25, 0.3) is 0 Å². The second-order valence-electron chi connectivity index (χ2n) is 7.46. The van der Waals surface area contributed by atoms with E-state index in [1.807, 2.05) is 13.0 Å². The van der Waals surface area contributed by atoms with Crippen molar-refractivity contribution in [2.45, 2.75) is 52.2 Å². The van der Waals surface area contributed by atoms with Gasteiger partial charge in [-0.2, -0.15) is 0 Å². The molecule has 1 unspecified atom stereocenters. The fraction of sp³-hybridized carbons (Fsp3) is 0.600. The number of piperazine rings is 1. The monoisotopic (exact) mass is 374 g/mol. The maximum absolute atomic E-state index is 9.52. The lowest BCUT2D eigenvalue weighted by molar-refractivity contribution is 0.0491. The molecule has 3 heterocycles. The van der Waals surface area contributed by atoms with Crippen molar-refractivity contribution < 1.29 is 5.11 Å². The number of aliphatic hydroxyl groups is 1. The Hall–Kier alpha value is -1.34. The van der Waals surface area contributed by atoms with E-state index < -0.39 is 0 Å². The number of hydrogen-bond donors (Lipinski definition) is 1. The summed E-state index contributed by atoms with van der Waals surface area (Å²) in [5.74, 6) is 0.487. The topological polar surface area (TPSA) is 52.5 Å². The van der Waals surface area contributed by atoms with Crippen LogP contribution < -0.4 is 0 Å². The zero-order valence-corrected chi connectivity index (χ0v) is 16.9. The van der Waals surface area contributed by atoms with E-state index in [1.54, 1.807) is 11.3 Å². The molecule has 1 atom stereocenters. The van der Waals surface area contributed by atoms with E-state index in [1.165, 1.54) is 10.7 Å². The molecule has 1 aliphatic heterocycles. The maximum atomic E-state index is 9.52. The predicted molar refractivity (Wildman–Crippen MR) is 106 cm³/mol. The number of aliphatic hydroxyl groups excluding tert-OH is 1. The predicted octanol–water partition coefficient (Wildman–Crippen LogP) is 3.04. The molecule has 6 heteroatoms. The highest BCUT2D eigenvalue weighted by Crippen LogP contribution is 2.22. The Morgan fingerprint density at radius 2 is 2.08 bits per heavy atom. The molecule has 0 aromatic carbocycles. The molecule has 5 nitrogen and oxygen atoms in total. The van der Waals surface area contributed by atoms with Crippen molar-refractivity contribution in [1.82, 2.24) is 19.8 Å². The molecule has 0 bridgehead atoms. The van der Waals surface area contributed by atoms with Crippen LogP contribution in [-0.2, 0) is 13.1 Å². The maximum Gasteiger partial charge on any atom is 0.107 e. The average molecular weight is 375 g/mol. The minimum Gasteiger partial charge on any atom is -0.396 e. The Labute approximate surface area is 160 Å². The lowest BCUT2D eigenvalue weighted by Crippen LogP contribution is -2.52. The second-order valence-corrected chi connectivity index (χ2v) is 8.41. The number of pyridine rings is 1. The largest absolute Gasteiger partial charge is 0.396 e. The van der Waals surface area contributed by atoms with E-state index in [4.69, 9.17) is 4.98 Å². The quantitative estimate of drug-likeness (QED) is 0.807. The van der Waals surface area contributed by atoms with Gasteiger partial charge in [-0.05, 0) is 31.4 Å². The Bertz CT molecular complexity index is 703. The van der Waals surface area contributed by atoms with Crippen molar-refractivity contribution >= 4 is 11.3 Å². The lowest BCUT2D eigenvalue weighted by atomic mass is 10.1. The third-order valence-corrected chi connectivity index (χ3v) is 5.83. The van der Waals surface area contributed by atoms with Gasteiger partial charge in [0.05, 0.1) is 17.9 Å². The third-order valence-electron chi connectivity index (χ3n) is 4.98. The molecule has 1 N–H and O–H groups in total. The van der Waals surface area contributed by atoms with Gasteiger partial charge in [-0.1, -0.05) is 19.9 Å². The van der Waals surface area contributed by atoms with Crippen LogP contribution in [0.1, 0.15) is 48.3 Å². The van der Waals surface area contributed by atoms with Crippen molar-refractivity contribution in [3.05, 3.63) is 45.7 Å². The van der Waals surface area contributed by atoms with E-state index in [0.29, 0.717) is 12.0 Å². The zero-order valence-electron chi connectivity index (χ0n) is 16.1. The number of hydrogen-bond acceptors (Lipinski definition) is 6. The summed E-state index contributed by atoms with van der Waals surface area (Å²) in [6.07, 6.45) is 0.803. The smallest absolute Gasteiger partial charge is 0.107 e. The van der Waals surface area contributed by atoms with E-state index >= 15 is 0 Å². The van der Waals surface area contributed by atoms with Crippen LogP contribution >= 0.6 is 11.3 Å². The Kier molecular flexibility index (Phi) is 6.75. The third kappa shape index (κ3) is 5.10. The molecule has 3 rings (SSSR count). The number of aryl methyl sites for hydroxylation is 1. The number of aromatic nitrogens is 2. The molecule has 1 saturated heterocycles. The fourth-order valence-corrected chi connectivity index (χ4v) is 4.48. The summed E-state index contributed by atoms with van der Waals surface area (Å²) < 4.78 is 0. The van der Waals surface area contributed by atoms with Crippen molar-refractivity contribution in [2.24, 2.45) is 0 Å². The van der Waals surface area contributed by atoms with Gasteiger partial charge in [-0.25, -0.2) is 4.98 Å². The summed E-state index contributed by atoms with van der Waals surface area (Å²) in [5, 5.41) is 12.9. The van der Waals surface area contributed by atoms with Gasteiger partial charge in [0.1, 0.15) is 5.01 Å². The van der Waals surface area contributed by atoms with E-state index in [0.717, 1.165) is 50.5 Å². The molecule has 0 amide bonds. The molecule has 0 aliphatic carbocycles. The van der Waals surface area contributed by atoms with Crippen LogP contribution in [0.15, 0.2) is 23.6 Å². The number of rotatable bonds is 7. The zero-order chi connectivity index (χ0) is 18.5. The van der Waals surface area contributed by atoms with Gasteiger partial charge >= 0.3 is 0 Å². The molecule has 142 valence electrons. The van der Waals surface area contributed by atoms with Crippen LogP contribution in [-0.4, -0.2) is 57.2 Å². The van der Waals surface area contributed by atoms with E-state index in [2.05, 4.69) is 46.1 Å². The van der Waals surface area contributed by atoms with E-state index in [-0.39, 0.29) is 6.61 Å². The number of thiazole rings is 1. The molecule has 1 aliphatic rings. The molecule has 2 aromatic heterocycles. The normalized spacial score (nSPS) is 19.3. The molecule has 0 radical (unpaired) electrons. The molecule has 26 heavy (non-hydrogen) atoms. The molecule has 2 aromatic rings. The summed E-state index contributed by atoms with van der Waals surface area (Å²) in [7, 11) is 0. The van der Waals surface area contributed by atoms with Crippen LogP contribution in [0, 0.1) is 6.92 Å². The molecule has 0 saturated carbocycles. The highest BCUT2D eigenvalue weighted by atomic mass is 32.1. The van der Waals surface area contributed by atoms with E-state index in [9.17, 15) is 5.11 Å². The van der Waals surface area contributed by atoms with Crippen molar-refractivity contribution in [1.29, 1.82) is 0 Å². The Balaban J connectivity index is 1.61. The molecular formula is C20H30N4OS. The summed E-state index contributed by atoms with van der Waals surface area (Å²) in [5.41, 5.74) is 3.37. The Morgan fingerprint density at radius 3 is 2.77 bits per heavy atom. The van der Waals surface area contributed by atoms with Gasteiger partial charge in [-0.3, -0.25) is 14.8 Å². The van der Waals surface area contributed by atoms with Crippen LogP contribution in [0.4, 0.5) is 0 Å². The fourth-order valence-electron chi connectivity index (χ4n) is 3.48. The van der Waals surface area contributed by atoms with Gasteiger partial charge < -0.3 is 5.11 Å². The van der Waals surface area contributed by atoms with Crippen molar-refractivity contribution in [3.63, 3.8) is 0 Å². The summed E-state index contributed by atoms with van der Waals surface area (Å²) in [6, 6.07) is 6.56. The first-order chi connectivity index (χ1) is 12.5. The van der Waals surface area contributed by atoms with Gasteiger partial charge in [0.2, 0.25) is 0 Å². The minimum absolute atomic E-state index is 0.227. The van der Waals surface area contributed by atoms with Gasteiger partial charge in [0.25, 0.3) is 0 Å². The van der Waals surface area contributed by atoms with Gasteiger partial charge in [0, 0.05) is 49.9 Å². The molecule has 1 fully saturated rings. The van der Waals surface area contributed by atoms with Crippen LogP contribution in [0.2, 0.25) is 0 Å². The standard InChI is InChI=1S/C20H30N4OS/c1-15(2)19-14-26-20(22-19)13-23-8-9-24(18(12-23)7-10-25)11-17-6-4-5-16(3)21-17/h4-6,14-15,18,25H,7-13H2,1-3H3. The second kappa shape index (κ2) is 9.04.